The molecule has 1 N–H and O–H groups in total. The SMILES string of the molecule is CNc1c(Cn2nc(C)c(C)c2C)c(C)nn1C. The van der Waals surface area contributed by atoms with Crippen molar-refractivity contribution in [3.05, 3.63) is 28.2 Å². The molecule has 0 bridgehead atoms. The molecule has 0 amide bonds. The summed E-state index contributed by atoms with van der Waals surface area (Å²) in [4.78, 5) is 0. The highest BCUT2D eigenvalue weighted by Crippen LogP contribution is 2.21. The molecule has 0 aliphatic heterocycles. The maximum Gasteiger partial charge on any atom is 0.129 e. The lowest BCUT2D eigenvalue weighted by Gasteiger charge is -2.08. The van der Waals surface area contributed by atoms with E-state index in [-0.39, 0.29) is 0 Å². The molecule has 18 heavy (non-hydrogen) atoms. The molecule has 98 valence electrons. The third kappa shape index (κ3) is 1.89. The first kappa shape index (κ1) is 12.7. The Balaban J connectivity index is 2.42. The molecular weight excluding hydrogens is 226 g/mol. The summed E-state index contributed by atoms with van der Waals surface area (Å²) < 4.78 is 3.93. The van der Waals surface area contributed by atoms with Crippen molar-refractivity contribution in [2.24, 2.45) is 7.05 Å². The molecule has 5 nitrogen and oxygen atoms in total. The van der Waals surface area contributed by atoms with Gasteiger partial charge in [0, 0.05) is 25.4 Å². The van der Waals surface area contributed by atoms with Gasteiger partial charge in [0.25, 0.3) is 0 Å². The van der Waals surface area contributed by atoms with E-state index in [4.69, 9.17) is 0 Å². The molecule has 0 atom stereocenters. The molecule has 2 aromatic rings. The number of aryl methyl sites for hydroxylation is 3. The molecular formula is C13H21N5. The van der Waals surface area contributed by atoms with Gasteiger partial charge in [0.2, 0.25) is 0 Å². The van der Waals surface area contributed by atoms with Crippen LogP contribution < -0.4 is 5.32 Å². The highest BCUT2D eigenvalue weighted by atomic mass is 15.3. The number of nitrogens with one attached hydrogen (secondary N) is 1. The smallest absolute Gasteiger partial charge is 0.129 e. The second-order valence-corrected chi connectivity index (χ2v) is 4.74. The van der Waals surface area contributed by atoms with Gasteiger partial charge in [-0.2, -0.15) is 10.2 Å². The first-order valence-electron chi connectivity index (χ1n) is 6.16. The van der Waals surface area contributed by atoms with E-state index in [1.807, 2.05) is 32.6 Å². The van der Waals surface area contributed by atoms with Crippen LogP contribution in [0.2, 0.25) is 0 Å². The summed E-state index contributed by atoms with van der Waals surface area (Å²) >= 11 is 0. The van der Waals surface area contributed by atoms with E-state index < -0.39 is 0 Å². The average molecular weight is 247 g/mol. The second-order valence-electron chi connectivity index (χ2n) is 4.74. The standard InChI is InChI=1S/C13H21N5/c1-8-9(2)16-18(11(8)4)7-12-10(3)15-17(6)13(12)14-5/h14H,7H2,1-6H3. The Morgan fingerprint density at radius 2 is 1.72 bits per heavy atom. The van der Waals surface area contributed by atoms with Crippen molar-refractivity contribution in [2.75, 3.05) is 12.4 Å². The Morgan fingerprint density at radius 3 is 2.22 bits per heavy atom. The van der Waals surface area contributed by atoms with Crippen molar-refractivity contribution < 1.29 is 0 Å². The van der Waals surface area contributed by atoms with Gasteiger partial charge < -0.3 is 5.32 Å². The van der Waals surface area contributed by atoms with Crippen LogP contribution in [0.1, 0.15) is 28.2 Å². The van der Waals surface area contributed by atoms with E-state index in [1.54, 1.807) is 0 Å². The molecule has 0 unspecified atom stereocenters. The first-order chi connectivity index (χ1) is 8.45. The van der Waals surface area contributed by atoms with Crippen LogP contribution >= 0.6 is 0 Å². The molecule has 5 heteroatoms. The Hall–Kier alpha value is -1.78. The van der Waals surface area contributed by atoms with E-state index >= 15 is 0 Å². The van der Waals surface area contributed by atoms with Crippen molar-refractivity contribution in [1.82, 2.24) is 19.6 Å². The highest BCUT2D eigenvalue weighted by Gasteiger charge is 2.15. The summed E-state index contributed by atoms with van der Waals surface area (Å²) in [5.74, 6) is 1.05. The lowest BCUT2D eigenvalue weighted by Crippen LogP contribution is -2.07. The molecule has 2 aromatic heterocycles. The van der Waals surface area contributed by atoms with Gasteiger partial charge in [0.1, 0.15) is 5.82 Å². The Morgan fingerprint density at radius 1 is 1.06 bits per heavy atom. The van der Waals surface area contributed by atoms with Crippen LogP contribution in [0.15, 0.2) is 0 Å². The van der Waals surface area contributed by atoms with Gasteiger partial charge in [-0.05, 0) is 33.3 Å². The fourth-order valence-electron chi connectivity index (χ4n) is 2.29. The Labute approximate surface area is 108 Å². The molecule has 2 heterocycles. The normalized spacial score (nSPS) is 11.0. The van der Waals surface area contributed by atoms with E-state index in [0.717, 1.165) is 23.8 Å². The lowest BCUT2D eigenvalue weighted by molar-refractivity contribution is 0.657. The van der Waals surface area contributed by atoms with Crippen LogP contribution in [-0.4, -0.2) is 26.6 Å². The van der Waals surface area contributed by atoms with Gasteiger partial charge >= 0.3 is 0 Å². The highest BCUT2D eigenvalue weighted by molar-refractivity contribution is 5.47. The van der Waals surface area contributed by atoms with E-state index in [2.05, 4.69) is 34.0 Å². The minimum atomic E-state index is 0.760. The predicted molar refractivity (Wildman–Crippen MR) is 73.0 cm³/mol. The molecule has 0 aromatic carbocycles. The molecule has 0 spiro atoms. The number of aromatic nitrogens is 4. The first-order valence-corrected chi connectivity index (χ1v) is 6.16. The van der Waals surface area contributed by atoms with Crippen LogP contribution in [0, 0.1) is 27.7 Å². The number of rotatable bonds is 3. The van der Waals surface area contributed by atoms with Crippen molar-refractivity contribution >= 4 is 5.82 Å². The van der Waals surface area contributed by atoms with E-state index in [1.165, 1.54) is 16.8 Å². The van der Waals surface area contributed by atoms with Crippen molar-refractivity contribution in [1.29, 1.82) is 0 Å². The van der Waals surface area contributed by atoms with Crippen LogP contribution in [-0.2, 0) is 13.6 Å². The summed E-state index contributed by atoms with van der Waals surface area (Å²) in [6, 6.07) is 0. The number of nitrogens with zero attached hydrogens (tertiary/aromatic N) is 4. The number of anilines is 1. The van der Waals surface area contributed by atoms with Gasteiger partial charge in [-0.3, -0.25) is 9.36 Å². The topological polar surface area (TPSA) is 47.7 Å². The van der Waals surface area contributed by atoms with Gasteiger partial charge in [-0.1, -0.05) is 0 Å². The fraction of sp³-hybridized carbons (Fsp3) is 0.538. The summed E-state index contributed by atoms with van der Waals surface area (Å²) in [7, 11) is 3.88. The van der Waals surface area contributed by atoms with Crippen molar-refractivity contribution in [3.63, 3.8) is 0 Å². The fourth-order valence-corrected chi connectivity index (χ4v) is 2.29. The zero-order chi connectivity index (χ0) is 13.4. The predicted octanol–water partition coefficient (Wildman–Crippen LogP) is 1.94. The van der Waals surface area contributed by atoms with Crippen LogP contribution in [0.3, 0.4) is 0 Å². The minimum absolute atomic E-state index is 0.760. The van der Waals surface area contributed by atoms with Gasteiger partial charge in [-0.15, -0.1) is 0 Å². The van der Waals surface area contributed by atoms with Crippen molar-refractivity contribution in [3.8, 4) is 0 Å². The summed E-state index contributed by atoms with van der Waals surface area (Å²) in [6.45, 7) is 9.07. The molecule has 0 saturated heterocycles. The second kappa shape index (κ2) is 4.48. The van der Waals surface area contributed by atoms with Crippen LogP contribution in [0.5, 0.6) is 0 Å². The summed E-state index contributed by atoms with van der Waals surface area (Å²) in [5.41, 5.74) is 5.83. The Kier molecular flexibility index (Phi) is 3.15. The molecule has 0 radical (unpaired) electrons. The third-order valence-electron chi connectivity index (χ3n) is 3.63. The van der Waals surface area contributed by atoms with E-state index in [0.29, 0.717) is 0 Å². The van der Waals surface area contributed by atoms with Crippen LogP contribution in [0.4, 0.5) is 5.82 Å². The zero-order valence-electron chi connectivity index (χ0n) is 12.0. The molecule has 0 aliphatic rings. The average Bonchev–Trinajstić information content (AvgIpc) is 2.72. The number of hydrogen-bond donors (Lipinski definition) is 1. The van der Waals surface area contributed by atoms with E-state index in [9.17, 15) is 0 Å². The summed E-state index contributed by atoms with van der Waals surface area (Å²) in [5, 5.41) is 12.2. The zero-order valence-corrected chi connectivity index (χ0v) is 12.0. The summed E-state index contributed by atoms with van der Waals surface area (Å²) in [6.07, 6.45) is 0. The molecule has 0 aliphatic carbocycles. The van der Waals surface area contributed by atoms with Gasteiger partial charge in [0.05, 0.1) is 17.9 Å². The molecule has 0 fully saturated rings. The maximum absolute atomic E-state index is 4.58. The lowest BCUT2D eigenvalue weighted by atomic mass is 10.2. The van der Waals surface area contributed by atoms with Gasteiger partial charge in [-0.25, -0.2) is 0 Å². The third-order valence-corrected chi connectivity index (χ3v) is 3.63. The van der Waals surface area contributed by atoms with Crippen LogP contribution in [0.25, 0.3) is 0 Å². The number of hydrogen-bond acceptors (Lipinski definition) is 3. The minimum Gasteiger partial charge on any atom is -0.373 e. The largest absolute Gasteiger partial charge is 0.373 e. The Bertz CT molecular complexity index is 577. The molecule has 2 rings (SSSR count). The maximum atomic E-state index is 4.58. The quantitative estimate of drug-likeness (QED) is 0.901. The molecule has 0 saturated carbocycles. The van der Waals surface area contributed by atoms with Crippen molar-refractivity contribution in [2.45, 2.75) is 34.2 Å². The van der Waals surface area contributed by atoms with Gasteiger partial charge in [0.15, 0.2) is 0 Å². The monoisotopic (exact) mass is 247 g/mol.